The third-order valence-corrected chi connectivity index (χ3v) is 8.22. The molecule has 1 saturated carbocycles. The van der Waals surface area contributed by atoms with Gasteiger partial charge in [-0.05, 0) is 84.5 Å². The first kappa shape index (κ1) is 31.6. The third kappa shape index (κ3) is 10.8. The van der Waals surface area contributed by atoms with E-state index in [0.717, 1.165) is 29.0 Å². The number of ether oxygens (including phenoxy) is 1. The predicted molar refractivity (Wildman–Crippen MR) is 169 cm³/mol. The van der Waals surface area contributed by atoms with Crippen LogP contribution in [0, 0.1) is 17.3 Å². The molecule has 3 aromatic rings. The van der Waals surface area contributed by atoms with Gasteiger partial charge in [0.2, 0.25) is 0 Å². The van der Waals surface area contributed by atoms with Gasteiger partial charge in [0, 0.05) is 31.2 Å². The van der Waals surface area contributed by atoms with Crippen LogP contribution in [0.4, 0.5) is 0 Å². The first-order valence-corrected chi connectivity index (χ1v) is 15.7. The van der Waals surface area contributed by atoms with Crippen LogP contribution in [-0.2, 0) is 29.0 Å². The molecule has 5 heteroatoms. The molecule has 42 heavy (non-hydrogen) atoms. The minimum atomic E-state index is -0.357. The van der Waals surface area contributed by atoms with E-state index in [9.17, 15) is 9.59 Å². The van der Waals surface area contributed by atoms with Gasteiger partial charge in [0.1, 0.15) is 18.1 Å². The maximum Gasteiger partial charge on any atom is 0.150 e. The zero-order valence-electron chi connectivity index (χ0n) is 25.7. The number of pyridine rings is 1. The number of Topliss-reactive ketones (excluding diaryl/α,β-unsaturated/α-hetero) is 2. The summed E-state index contributed by atoms with van der Waals surface area (Å²) in [5, 5.41) is 3.63. The molecule has 0 spiro atoms. The van der Waals surface area contributed by atoms with Gasteiger partial charge in [-0.2, -0.15) is 0 Å². The van der Waals surface area contributed by atoms with Gasteiger partial charge < -0.3 is 10.1 Å². The summed E-state index contributed by atoms with van der Waals surface area (Å²) < 4.78 is 5.96. The van der Waals surface area contributed by atoms with Gasteiger partial charge in [-0.3, -0.25) is 14.6 Å². The fraction of sp³-hybridized carbons (Fsp3) is 0.486. The molecule has 2 atom stereocenters. The number of nitrogens with one attached hydrogen (secondary N) is 1. The van der Waals surface area contributed by atoms with Gasteiger partial charge in [-0.25, -0.2) is 0 Å². The molecule has 1 aliphatic carbocycles. The number of hydrogen-bond acceptors (Lipinski definition) is 5. The number of benzene rings is 2. The SMILES string of the molecule is CC(C)(C)CC(=O)[C@@H](CC(=O)[C@H](Cc1ccncc1)NCC1CCCCC1)Cc1ccc(OCc2ccccc2)cc1. The standard InChI is InChI=1S/C37H48N2O3/c1-37(2,3)25-36(41)32(22-28-14-16-33(17-15-28)42-27-31-12-8-5-9-13-31)24-35(40)34(23-29-18-20-38-21-19-29)39-26-30-10-6-4-7-11-30/h5,8-9,12-21,30,32,34,39H,4,6-7,10-11,22-27H2,1-3H3/t32-,34+/m1/s1. The summed E-state index contributed by atoms with van der Waals surface area (Å²) in [6.45, 7) is 7.61. The van der Waals surface area contributed by atoms with Crippen LogP contribution in [0.2, 0.25) is 0 Å². The van der Waals surface area contributed by atoms with Crippen LogP contribution in [0.1, 0.15) is 82.4 Å². The van der Waals surface area contributed by atoms with Crippen molar-refractivity contribution in [3.63, 3.8) is 0 Å². The molecule has 0 aliphatic heterocycles. The van der Waals surface area contributed by atoms with E-state index in [1.54, 1.807) is 12.4 Å². The number of ketones is 2. The monoisotopic (exact) mass is 568 g/mol. The lowest BCUT2D eigenvalue weighted by atomic mass is 9.80. The first-order valence-electron chi connectivity index (χ1n) is 15.7. The summed E-state index contributed by atoms with van der Waals surface area (Å²) in [7, 11) is 0. The van der Waals surface area contributed by atoms with Gasteiger partial charge >= 0.3 is 0 Å². The fourth-order valence-corrected chi connectivity index (χ4v) is 5.85. The van der Waals surface area contributed by atoms with Crippen LogP contribution in [0.5, 0.6) is 5.75 Å². The first-order chi connectivity index (χ1) is 20.2. The van der Waals surface area contributed by atoms with E-state index < -0.39 is 0 Å². The van der Waals surface area contributed by atoms with Crippen molar-refractivity contribution < 1.29 is 14.3 Å². The Hall–Kier alpha value is -3.31. The highest BCUT2D eigenvalue weighted by atomic mass is 16.5. The summed E-state index contributed by atoms with van der Waals surface area (Å²) in [6.07, 6.45) is 11.7. The maximum atomic E-state index is 13.9. The van der Waals surface area contributed by atoms with E-state index in [-0.39, 0.29) is 35.4 Å². The minimum absolute atomic E-state index is 0.123. The van der Waals surface area contributed by atoms with Gasteiger partial charge in [0.15, 0.2) is 5.78 Å². The van der Waals surface area contributed by atoms with Crippen LogP contribution in [0.15, 0.2) is 79.1 Å². The van der Waals surface area contributed by atoms with Crippen LogP contribution in [-0.4, -0.2) is 29.1 Å². The zero-order chi connectivity index (χ0) is 29.8. The molecule has 5 nitrogen and oxygen atoms in total. The second-order valence-corrected chi connectivity index (χ2v) is 13.2. The Kier molecular flexibility index (Phi) is 11.9. The molecular formula is C37H48N2O3. The van der Waals surface area contributed by atoms with E-state index >= 15 is 0 Å². The third-order valence-electron chi connectivity index (χ3n) is 8.22. The molecule has 4 rings (SSSR count). The molecule has 224 valence electrons. The predicted octanol–water partition coefficient (Wildman–Crippen LogP) is 7.57. The van der Waals surface area contributed by atoms with Crippen molar-refractivity contribution in [1.29, 1.82) is 0 Å². The number of hydrogen-bond donors (Lipinski definition) is 1. The highest BCUT2D eigenvalue weighted by Gasteiger charge is 2.30. The summed E-state index contributed by atoms with van der Waals surface area (Å²) in [5.41, 5.74) is 3.11. The number of rotatable bonds is 15. The lowest BCUT2D eigenvalue weighted by molar-refractivity contribution is -0.130. The number of aromatic nitrogens is 1. The van der Waals surface area contributed by atoms with E-state index in [4.69, 9.17) is 4.74 Å². The summed E-state index contributed by atoms with van der Waals surface area (Å²) >= 11 is 0. The smallest absolute Gasteiger partial charge is 0.150 e. The molecular weight excluding hydrogens is 520 g/mol. The lowest BCUT2D eigenvalue weighted by Gasteiger charge is -2.27. The average Bonchev–Trinajstić information content (AvgIpc) is 2.99. The Labute approximate surface area is 252 Å². The second kappa shape index (κ2) is 15.8. The Morgan fingerprint density at radius 3 is 2.17 bits per heavy atom. The van der Waals surface area contributed by atoms with Crippen molar-refractivity contribution >= 4 is 11.6 Å². The van der Waals surface area contributed by atoms with E-state index in [0.29, 0.717) is 31.8 Å². The Morgan fingerprint density at radius 2 is 1.50 bits per heavy atom. The molecule has 1 N–H and O–H groups in total. The molecule has 0 bridgehead atoms. The van der Waals surface area contributed by atoms with Crippen molar-refractivity contribution in [2.45, 2.75) is 91.2 Å². The zero-order valence-corrected chi connectivity index (χ0v) is 25.7. The number of carbonyl (C=O) groups excluding carboxylic acids is 2. The Bertz CT molecular complexity index is 1230. The fourth-order valence-electron chi connectivity index (χ4n) is 5.85. The molecule has 0 unspecified atom stereocenters. The van der Waals surface area contributed by atoms with Crippen molar-refractivity contribution in [3.8, 4) is 5.75 Å². The van der Waals surface area contributed by atoms with Crippen molar-refractivity contribution in [3.05, 3.63) is 95.8 Å². The minimum Gasteiger partial charge on any atom is -0.489 e. The molecule has 1 aromatic heterocycles. The molecule has 0 radical (unpaired) electrons. The summed E-state index contributed by atoms with van der Waals surface area (Å²) in [5.74, 6) is 1.34. The number of nitrogens with zero attached hydrogens (tertiary/aromatic N) is 1. The van der Waals surface area contributed by atoms with E-state index in [2.05, 4.69) is 31.1 Å². The molecule has 1 fully saturated rings. The molecule has 0 amide bonds. The van der Waals surface area contributed by atoms with Gasteiger partial charge in [-0.15, -0.1) is 0 Å². The van der Waals surface area contributed by atoms with Crippen molar-refractivity contribution in [2.24, 2.45) is 17.3 Å². The number of carbonyl (C=O) groups is 2. The topological polar surface area (TPSA) is 68.3 Å². The van der Waals surface area contributed by atoms with Gasteiger partial charge in [0.05, 0.1) is 6.04 Å². The molecule has 2 aromatic carbocycles. The molecule has 0 saturated heterocycles. The maximum absolute atomic E-state index is 13.9. The largest absolute Gasteiger partial charge is 0.489 e. The van der Waals surface area contributed by atoms with Crippen molar-refractivity contribution in [2.75, 3.05) is 6.54 Å². The summed E-state index contributed by atoms with van der Waals surface area (Å²) in [6, 6.07) is 21.7. The van der Waals surface area contributed by atoms with E-state index in [1.807, 2.05) is 66.7 Å². The average molecular weight is 569 g/mol. The van der Waals surface area contributed by atoms with Crippen LogP contribution < -0.4 is 10.1 Å². The Morgan fingerprint density at radius 1 is 0.833 bits per heavy atom. The Balaban J connectivity index is 1.44. The van der Waals surface area contributed by atoms with Crippen LogP contribution >= 0.6 is 0 Å². The molecule has 1 heterocycles. The normalized spacial score (nSPS) is 15.6. The quantitative estimate of drug-likeness (QED) is 0.205. The summed E-state index contributed by atoms with van der Waals surface area (Å²) in [4.78, 5) is 31.7. The highest BCUT2D eigenvalue weighted by Crippen LogP contribution is 2.27. The van der Waals surface area contributed by atoms with Gasteiger partial charge in [-0.1, -0.05) is 82.5 Å². The van der Waals surface area contributed by atoms with Crippen LogP contribution in [0.25, 0.3) is 0 Å². The van der Waals surface area contributed by atoms with Crippen molar-refractivity contribution in [1.82, 2.24) is 10.3 Å². The van der Waals surface area contributed by atoms with E-state index in [1.165, 1.54) is 32.1 Å². The highest BCUT2D eigenvalue weighted by molar-refractivity contribution is 5.91. The molecule has 1 aliphatic rings. The second-order valence-electron chi connectivity index (χ2n) is 13.2. The lowest BCUT2D eigenvalue weighted by Crippen LogP contribution is -2.43. The van der Waals surface area contributed by atoms with Gasteiger partial charge in [0.25, 0.3) is 0 Å². The van der Waals surface area contributed by atoms with Crippen LogP contribution in [0.3, 0.4) is 0 Å².